The minimum atomic E-state index is 0.637. The van der Waals surface area contributed by atoms with E-state index in [-0.39, 0.29) is 0 Å². The summed E-state index contributed by atoms with van der Waals surface area (Å²) < 4.78 is 0. The van der Waals surface area contributed by atoms with Crippen LogP contribution in [0.25, 0.3) is 0 Å². The van der Waals surface area contributed by atoms with Gasteiger partial charge in [-0.25, -0.2) is 0 Å². The van der Waals surface area contributed by atoms with Crippen molar-refractivity contribution >= 4 is 17.3 Å². The molecule has 0 radical (unpaired) electrons. The van der Waals surface area contributed by atoms with Gasteiger partial charge in [0.2, 0.25) is 0 Å². The molecule has 0 spiro atoms. The number of rotatable bonds is 5. The average molecular weight is 276 g/mol. The number of anilines is 1. The number of hydrogen-bond donors (Lipinski definition) is 1. The summed E-state index contributed by atoms with van der Waals surface area (Å²) in [5.41, 5.74) is 9.24. The van der Waals surface area contributed by atoms with Gasteiger partial charge >= 0.3 is 0 Å². The van der Waals surface area contributed by atoms with Crippen LogP contribution in [0.1, 0.15) is 11.1 Å². The van der Waals surface area contributed by atoms with E-state index in [0.29, 0.717) is 6.54 Å². The Kier molecular flexibility index (Phi) is 4.77. The van der Waals surface area contributed by atoms with Gasteiger partial charge < -0.3 is 10.6 Å². The Morgan fingerprint density at radius 3 is 2.63 bits per heavy atom. The molecule has 0 saturated carbocycles. The highest BCUT2D eigenvalue weighted by Gasteiger charge is 2.08. The largest absolute Gasteiger partial charge is 0.370 e. The standard InChI is InChI=1S/C15H18ClN3/c1-19(11-12-5-8-18-9-6-12)15-10-14(16)3-2-13(15)4-7-17/h2-3,5-6,8-10H,4,7,11,17H2,1H3. The number of pyridine rings is 1. The molecule has 0 amide bonds. The predicted molar refractivity (Wildman–Crippen MR) is 80.6 cm³/mol. The first-order valence-electron chi connectivity index (χ1n) is 6.29. The molecule has 100 valence electrons. The zero-order valence-electron chi connectivity index (χ0n) is 11.0. The maximum absolute atomic E-state index is 6.10. The van der Waals surface area contributed by atoms with Gasteiger partial charge in [0.25, 0.3) is 0 Å². The predicted octanol–water partition coefficient (Wildman–Crippen LogP) is 2.87. The van der Waals surface area contributed by atoms with Crippen molar-refractivity contribution in [3.8, 4) is 0 Å². The van der Waals surface area contributed by atoms with Gasteiger partial charge in [0.05, 0.1) is 0 Å². The first-order valence-corrected chi connectivity index (χ1v) is 6.67. The molecule has 3 nitrogen and oxygen atoms in total. The van der Waals surface area contributed by atoms with E-state index in [2.05, 4.69) is 16.9 Å². The highest BCUT2D eigenvalue weighted by molar-refractivity contribution is 6.30. The van der Waals surface area contributed by atoms with Crippen molar-refractivity contribution in [2.75, 3.05) is 18.5 Å². The number of nitrogens with zero attached hydrogens (tertiary/aromatic N) is 2. The Bertz CT molecular complexity index is 528. The lowest BCUT2D eigenvalue weighted by atomic mass is 10.1. The van der Waals surface area contributed by atoms with Crippen molar-refractivity contribution in [3.05, 3.63) is 58.9 Å². The molecule has 1 aromatic heterocycles. The molecule has 2 N–H and O–H groups in total. The molecular formula is C15H18ClN3. The highest BCUT2D eigenvalue weighted by Crippen LogP contribution is 2.25. The molecule has 1 heterocycles. The van der Waals surface area contributed by atoms with Crippen molar-refractivity contribution in [3.63, 3.8) is 0 Å². The average Bonchev–Trinajstić information content (AvgIpc) is 2.42. The number of aromatic nitrogens is 1. The van der Waals surface area contributed by atoms with Crippen LogP contribution in [0.15, 0.2) is 42.7 Å². The van der Waals surface area contributed by atoms with Gasteiger partial charge in [-0.3, -0.25) is 4.98 Å². The van der Waals surface area contributed by atoms with Crippen LogP contribution >= 0.6 is 11.6 Å². The van der Waals surface area contributed by atoms with Crippen LogP contribution in [-0.2, 0) is 13.0 Å². The summed E-state index contributed by atoms with van der Waals surface area (Å²) >= 11 is 6.10. The lowest BCUT2D eigenvalue weighted by molar-refractivity contribution is 0.890. The summed E-state index contributed by atoms with van der Waals surface area (Å²) in [6.07, 6.45) is 4.47. The van der Waals surface area contributed by atoms with Crippen molar-refractivity contribution in [2.45, 2.75) is 13.0 Å². The molecule has 2 rings (SSSR count). The number of hydrogen-bond acceptors (Lipinski definition) is 3. The Balaban J connectivity index is 2.22. The van der Waals surface area contributed by atoms with Gasteiger partial charge in [-0.2, -0.15) is 0 Å². The fraction of sp³-hybridized carbons (Fsp3) is 0.267. The van der Waals surface area contributed by atoms with Gasteiger partial charge in [0, 0.05) is 36.7 Å². The van der Waals surface area contributed by atoms with Gasteiger partial charge in [0.1, 0.15) is 0 Å². The second kappa shape index (κ2) is 6.55. The molecule has 0 saturated heterocycles. The van der Waals surface area contributed by atoms with Crippen LogP contribution in [-0.4, -0.2) is 18.6 Å². The third-order valence-corrected chi connectivity index (χ3v) is 3.28. The van der Waals surface area contributed by atoms with Crippen LogP contribution in [0.3, 0.4) is 0 Å². The molecule has 1 aromatic carbocycles. The maximum atomic E-state index is 6.10. The molecule has 0 fully saturated rings. The minimum absolute atomic E-state index is 0.637. The number of nitrogens with two attached hydrogens (primary N) is 1. The molecule has 0 unspecified atom stereocenters. The topological polar surface area (TPSA) is 42.2 Å². The van der Waals surface area contributed by atoms with E-state index in [1.807, 2.05) is 42.7 Å². The fourth-order valence-corrected chi connectivity index (χ4v) is 2.27. The van der Waals surface area contributed by atoms with Crippen molar-refractivity contribution in [1.29, 1.82) is 0 Å². The molecule has 0 aliphatic heterocycles. The van der Waals surface area contributed by atoms with Gasteiger partial charge in [-0.15, -0.1) is 0 Å². The Labute approximate surface area is 119 Å². The molecule has 0 aliphatic carbocycles. The second-order valence-electron chi connectivity index (χ2n) is 4.52. The molecule has 4 heteroatoms. The third kappa shape index (κ3) is 3.69. The van der Waals surface area contributed by atoms with Gasteiger partial charge in [0.15, 0.2) is 0 Å². The fourth-order valence-electron chi connectivity index (χ4n) is 2.11. The van der Waals surface area contributed by atoms with E-state index < -0.39 is 0 Å². The summed E-state index contributed by atoms with van der Waals surface area (Å²) in [7, 11) is 2.06. The quantitative estimate of drug-likeness (QED) is 0.912. The lowest BCUT2D eigenvalue weighted by Gasteiger charge is -2.23. The first-order chi connectivity index (χ1) is 9.20. The molecule has 2 aromatic rings. The van der Waals surface area contributed by atoms with E-state index in [9.17, 15) is 0 Å². The SMILES string of the molecule is CN(Cc1ccncc1)c1cc(Cl)ccc1CCN. The maximum Gasteiger partial charge on any atom is 0.0427 e. The van der Waals surface area contributed by atoms with Gasteiger partial charge in [-0.1, -0.05) is 17.7 Å². The second-order valence-corrected chi connectivity index (χ2v) is 4.96. The Morgan fingerprint density at radius 2 is 1.95 bits per heavy atom. The van der Waals surface area contributed by atoms with E-state index in [0.717, 1.165) is 23.7 Å². The van der Waals surface area contributed by atoms with Crippen molar-refractivity contribution in [1.82, 2.24) is 4.98 Å². The smallest absolute Gasteiger partial charge is 0.0427 e. The monoisotopic (exact) mass is 275 g/mol. The van der Waals surface area contributed by atoms with Crippen LogP contribution in [0, 0.1) is 0 Å². The zero-order valence-corrected chi connectivity index (χ0v) is 11.8. The summed E-state index contributed by atoms with van der Waals surface area (Å²) in [5, 5.41) is 0.748. The first kappa shape index (κ1) is 13.8. The van der Waals surface area contributed by atoms with Crippen molar-refractivity contribution in [2.24, 2.45) is 5.73 Å². The molecule has 0 bridgehead atoms. The third-order valence-electron chi connectivity index (χ3n) is 3.04. The number of halogens is 1. The van der Waals surface area contributed by atoms with Crippen molar-refractivity contribution < 1.29 is 0 Å². The van der Waals surface area contributed by atoms with E-state index in [1.54, 1.807) is 0 Å². The molecule has 19 heavy (non-hydrogen) atoms. The highest BCUT2D eigenvalue weighted by atomic mass is 35.5. The summed E-state index contributed by atoms with van der Waals surface area (Å²) in [5.74, 6) is 0. The number of benzene rings is 1. The molecule has 0 atom stereocenters. The zero-order chi connectivity index (χ0) is 13.7. The van der Waals surface area contributed by atoms with Crippen LogP contribution in [0.5, 0.6) is 0 Å². The Hall–Kier alpha value is -1.58. The summed E-state index contributed by atoms with van der Waals surface area (Å²) in [6, 6.07) is 9.99. The Morgan fingerprint density at radius 1 is 1.21 bits per heavy atom. The molecule has 0 aliphatic rings. The van der Waals surface area contributed by atoms with E-state index in [1.165, 1.54) is 11.1 Å². The van der Waals surface area contributed by atoms with Crippen LogP contribution < -0.4 is 10.6 Å². The summed E-state index contributed by atoms with van der Waals surface area (Å²) in [4.78, 5) is 6.22. The lowest BCUT2D eigenvalue weighted by Crippen LogP contribution is -2.19. The van der Waals surface area contributed by atoms with E-state index in [4.69, 9.17) is 17.3 Å². The van der Waals surface area contributed by atoms with Gasteiger partial charge in [-0.05, 0) is 48.4 Å². The molecular weight excluding hydrogens is 258 g/mol. The summed E-state index contributed by atoms with van der Waals surface area (Å²) in [6.45, 7) is 1.46. The van der Waals surface area contributed by atoms with Crippen LogP contribution in [0.4, 0.5) is 5.69 Å². The van der Waals surface area contributed by atoms with E-state index >= 15 is 0 Å². The minimum Gasteiger partial charge on any atom is -0.370 e. The van der Waals surface area contributed by atoms with Crippen LogP contribution in [0.2, 0.25) is 5.02 Å². The normalized spacial score (nSPS) is 10.5.